The van der Waals surface area contributed by atoms with E-state index in [1.165, 1.54) is 10.5 Å². The highest BCUT2D eigenvalue weighted by molar-refractivity contribution is 8.00. The molecule has 3 aromatic rings. The molecule has 9 heteroatoms. The highest BCUT2D eigenvalue weighted by Crippen LogP contribution is 2.27. The van der Waals surface area contributed by atoms with Gasteiger partial charge in [-0.2, -0.15) is 0 Å². The maximum absolute atomic E-state index is 6.32. The third-order valence-corrected chi connectivity index (χ3v) is 6.79. The van der Waals surface area contributed by atoms with Crippen LogP contribution in [-0.4, -0.2) is 36.4 Å². The molecule has 0 aromatic carbocycles. The van der Waals surface area contributed by atoms with Gasteiger partial charge in [0, 0.05) is 29.2 Å². The fourth-order valence-electron chi connectivity index (χ4n) is 2.64. The van der Waals surface area contributed by atoms with Gasteiger partial charge in [-0.05, 0) is 50.6 Å². The van der Waals surface area contributed by atoms with Crippen molar-refractivity contribution in [2.45, 2.75) is 43.8 Å². The molecule has 152 valence electrons. The Labute approximate surface area is 184 Å². The van der Waals surface area contributed by atoms with Gasteiger partial charge in [-0.15, -0.1) is 11.8 Å². The molecule has 3 aromatic heterocycles. The molecule has 29 heavy (non-hydrogen) atoms. The van der Waals surface area contributed by atoms with E-state index in [1.807, 2.05) is 37.9 Å². The van der Waals surface area contributed by atoms with E-state index in [0.29, 0.717) is 23.2 Å². The summed E-state index contributed by atoms with van der Waals surface area (Å²) in [6.45, 7) is 6.41. The average Bonchev–Trinajstić information content (AvgIpc) is 2.72. The van der Waals surface area contributed by atoms with Crippen LogP contribution in [0.15, 0.2) is 40.8 Å². The third-order valence-electron chi connectivity index (χ3n) is 4.13. The van der Waals surface area contributed by atoms with Crippen molar-refractivity contribution in [3.63, 3.8) is 0 Å². The van der Waals surface area contributed by atoms with Crippen LogP contribution < -0.4 is 5.32 Å². The Kier molecular flexibility index (Phi) is 8.09. The quantitative estimate of drug-likeness (QED) is 0.275. The molecule has 0 spiro atoms. The smallest absolute Gasteiger partial charge is 0.187 e. The first-order valence-corrected chi connectivity index (χ1v) is 11.6. The number of aryl methyl sites for hydroxylation is 2. The van der Waals surface area contributed by atoms with Crippen LogP contribution in [0.25, 0.3) is 0 Å². The monoisotopic (exact) mass is 446 g/mol. The van der Waals surface area contributed by atoms with Crippen LogP contribution >= 0.6 is 35.1 Å². The van der Waals surface area contributed by atoms with E-state index >= 15 is 0 Å². The zero-order chi connectivity index (χ0) is 20.6. The van der Waals surface area contributed by atoms with Gasteiger partial charge in [0.25, 0.3) is 0 Å². The van der Waals surface area contributed by atoms with Gasteiger partial charge >= 0.3 is 0 Å². The third kappa shape index (κ3) is 6.29. The van der Waals surface area contributed by atoms with Crippen molar-refractivity contribution in [2.75, 3.05) is 16.8 Å². The van der Waals surface area contributed by atoms with E-state index in [0.717, 1.165) is 34.5 Å². The Hall–Kier alpha value is -1.90. The van der Waals surface area contributed by atoms with Crippen LogP contribution in [0.1, 0.15) is 29.2 Å². The molecule has 3 rings (SSSR count). The lowest BCUT2D eigenvalue weighted by Gasteiger charge is -2.13. The number of thioether (sulfide) groups is 2. The number of nitrogens with one attached hydrogen (secondary N) is 1. The number of rotatable bonds is 9. The van der Waals surface area contributed by atoms with Gasteiger partial charge in [-0.1, -0.05) is 23.4 Å². The van der Waals surface area contributed by atoms with Crippen molar-refractivity contribution in [1.82, 2.24) is 24.9 Å². The van der Waals surface area contributed by atoms with Gasteiger partial charge in [-0.3, -0.25) is 4.98 Å². The lowest BCUT2D eigenvalue weighted by atomic mass is 10.2. The minimum absolute atomic E-state index is 0.554. The van der Waals surface area contributed by atoms with Crippen LogP contribution in [-0.2, 0) is 6.54 Å². The van der Waals surface area contributed by atoms with E-state index in [-0.39, 0.29) is 0 Å². The summed E-state index contributed by atoms with van der Waals surface area (Å²) < 4.78 is 0. The predicted molar refractivity (Wildman–Crippen MR) is 121 cm³/mol. The standard InChI is InChI=1S/C20H23ClN6S2/c1-13-16(12-25-19-18(21)14(2)26-15(3)27-19)22-9-6-17(13)28-10-5-11-29-20-23-7-4-8-24-20/h4,6-9H,5,10-12H2,1-3H3,(H,25,26,27). The summed E-state index contributed by atoms with van der Waals surface area (Å²) in [5.74, 6) is 3.38. The van der Waals surface area contributed by atoms with Crippen molar-refractivity contribution in [1.29, 1.82) is 0 Å². The second kappa shape index (κ2) is 10.8. The van der Waals surface area contributed by atoms with Crippen LogP contribution in [0.3, 0.4) is 0 Å². The molecule has 0 aliphatic carbocycles. The number of halogens is 1. The molecule has 0 amide bonds. The largest absolute Gasteiger partial charge is 0.363 e. The van der Waals surface area contributed by atoms with Crippen molar-refractivity contribution >= 4 is 40.9 Å². The van der Waals surface area contributed by atoms with Crippen molar-refractivity contribution in [2.24, 2.45) is 0 Å². The zero-order valence-electron chi connectivity index (χ0n) is 16.6. The number of aromatic nitrogens is 5. The Bertz CT molecular complexity index is 955. The van der Waals surface area contributed by atoms with Gasteiger partial charge in [0.2, 0.25) is 0 Å². The average molecular weight is 447 g/mol. The molecule has 0 bridgehead atoms. The number of nitrogens with zero attached hydrogens (tertiary/aromatic N) is 5. The Balaban J connectivity index is 1.53. The van der Waals surface area contributed by atoms with E-state index < -0.39 is 0 Å². The number of pyridine rings is 1. The van der Waals surface area contributed by atoms with Crippen molar-refractivity contribution in [3.05, 3.63) is 58.5 Å². The molecule has 0 atom stereocenters. The molecule has 0 saturated heterocycles. The second-order valence-electron chi connectivity index (χ2n) is 6.33. The number of anilines is 1. The van der Waals surface area contributed by atoms with Crippen molar-refractivity contribution in [3.8, 4) is 0 Å². The van der Waals surface area contributed by atoms with Gasteiger partial charge < -0.3 is 5.32 Å². The van der Waals surface area contributed by atoms with Crippen LogP contribution in [0.5, 0.6) is 0 Å². The topological polar surface area (TPSA) is 76.5 Å². The first kappa shape index (κ1) is 21.8. The lowest BCUT2D eigenvalue weighted by Crippen LogP contribution is -2.08. The number of hydrogen-bond donors (Lipinski definition) is 1. The highest BCUT2D eigenvalue weighted by Gasteiger charge is 2.10. The van der Waals surface area contributed by atoms with Gasteiger partial charge in [0.05, 0.1) is 17.9 Å². The predicted octanol–water partition coefficient (Wildman–Crippen LogP) is 5.13. The summed E-state index contributed by atoms with van der Waals surface area (Å²) in [5, 5.41) is 4.69. The maximum Gasteiger partial charge on any atom is 0.187 e. The van der Waals surface area contributed by atoms with E-state index in [1.54, 1.807) is 24.2 Å². The molecule has 0 saturated carbocycles. The minimum atomic E-state index is 0.554. The summed E-state index contributed by atoms with van der Waals surface area (Å²) in [6.07, 6.45) is 6.49. The molecule has 0 fully saturated rings. The van der Waals surface area contributed by atoms with Crippen LogP contribution in [0.4, 0.5) is 5.82 Å². The SMILES string of the molecule is Cc1nc(C)c(Cl)c(NCc2nccc(SCCCSc3ncccn3)c2C)n1. The van der Waals surface area contributed by atoms with E-state index in [9.17, 15) is 0 Å². The molecule has 0 unspecified atom stereocenters. The Morgan fingerprint density at radius 2 is 1.72 bits per heavy atom. The normalized spacial score (nSPS) is 10.9. The maximum atomic E-state index is 6.32. The molecular formula is C20H23ClN6S2. The van der Waals surface area contributed by atoms with Crippen LogP contribution in [0, 0.1) is 20.8 Å². The lowest BCUT2D eigenvalue weighted by molar-refractivity contribution is 0.953. The molecule has 0 aliphatic rings. The van der Waals surface area contributed by atoms with Crippen LogP contribution in [0.2, 0.25) is 5.02 Å². The van der Waals surface area contributed by atoms with E-state index in [2.05, 4.69) is 43.2 Å². The summed E-state index contributed by atoms with van der Waals surface area (Å²) in [6, 6.07) is 3.91. The highest BCUT2D eigenvalue weighted by atomic mass is 35.5. The summed E-state index contributed by atoms with van der Waals surface area (Å²) >= 11 is 9.86. The first-order chi connectivity index (χ1) is 14.0. The Morgan fingerprint density at radius 3 is 2.52 bits per heavy atom. The Morgan fingerprint density at radius 1 is 0.966 bits per heavy atom. The fraction of sp³-hybridized carbons (Fsp3) is 0.350. The molecule has 0 aliphatic heterocycles. The zero-order valence-corrected chi connectivity index (χ0v) is 19.0. The van der Waals surface area contributed by atoms with Crippen molar-refractivity contribution < 1.29 is 0 Å². The first-order valence-electron chi connectivity index (χ1n) is 9.26. The van der Waals surface area contributed by atoms with Gasteiger partial charge in [0.1, 0.15) is 16.7 Å². The summed E-state index contributed by atoms with van der Waals surface area (Å²) in [5.41, 5.74) is 2.95. The minimum Gasteiger partial charge on any atom is -0.363 e. The molecule has 0 radical (unpaired) electrons. The fourth-order valence-corrected chi connectivity index (χ4v) is 4.72. The molecular weight excluding hydrogens is 424 g/mol. The van der Waals surface area contributed by atoms with E-state index in [4.69, 9.17) is 11.6 Å². The van der Waals surface area contributed by atoms with Gasteiger partial charge in [-0.25, -0.2) is 19.9 Å². The molecule has 1 N–H and O–H groups in total. The molecule has 6 nitrogen and oxygen atoms in total. The summed E-state index contributed by atoms with van der Waals surface area (Å²) in [7, 11) is 0. The van der Waals surface area contributed by atoms with Gasteiger partial charge in [0.15, 0.2) is 5.16 Å². The second-order valence-corrected chi connectivity index (χ2v) is 8.91. The summed E-state index contributed by atoms with van der Waals surface area (Å²) in [4.78, 5) is 22.9. The number of hydrogen-bond acceptors (Lipinski definition) is 8. The molecule has 3 heterocycles.